The number of benzene rings is 2. The molecule has 0 radical (unpaired) electrons. The molecule has 2 aromatic rings. The van der Waals surface area contributed by atoms with Crippen LogP contribution in [-0.2, 0) is 14.8 Å². The Bertz CT molecular complexity index is 1110. The maximum absolute atomic E-state index is 12.9. The van der Waals surface area contributed by atoms with E-state index in [1.165, 1.54) is 35.6 Å². The van der Waals surface area contributed by atoms with Gasteiger partial charge in [-0.25, -0.2) is 8.42 Å². The number of fused-ring (bicyclic) bond motifs is 1. The second kappa shape index (κ2) is 8.29. The molecule has 1 saturated heterocycles. The van der Waals surface area contributed by atoms with Crippen molar-refractivity contribution in [3.8, 4) is 11.5 Å². The summed E-state index contributed by atoms with van der Waals surface area (Å²) < 4.78 is 37.5. The van der Waals surface area contributed by atoms with Crippen LogP contribution in [0.5, 0.6) is 11.5 Å². The molecular formula is C21H23N3O6S. The highest BCUT2D eigenvalue weighted by atomic mass is 32.2. The first-order valence-electron chi connectivity index (χ1n) is 9.76. The molecular weight excluding hydrogens is 422 g/mol. The van der Waals surface area contributed by atoms with Crippen molar-refractivity contribution in [2.24, 2.45) is 0 Å². The van der Waals surface area contributed by atoms with Gasteiger partial charge in [0.05, 0.1) is 37.0 Å². The third-order valence-electron chi connectivity index (χ3n) is 5.55. The number of hydrogen-bond donors (Lipinski definition) is 0. The van der Waals surface area contributed by atoms with Gasteiger partial charge in [0, 0.05) is 32.2 Å². The van der Waals surface area contributed by atoms with E-state index in [-0.39, 0.29) is 24.7 Å². The number of ether oxygens (including phenoxy) is 2. The molecule has 2 aliphatic heterocycles. The van der Waals surface area contributed by atoms with E-state index in [0.29, 0.717) is 35.8 Å². The lowest BCUT2D eigenvalue weighted by Crippen LogP contribution is -2.52. The summed E-state index contributed by atoms with van der Waals surface area (Å²) in [4.78, 5) is 28.4. The van der Waals surface area contributed by atoms with Crippen molar-refractivity contribution >= 4 is 27.4 Å². The molecule has 1 fully saturated rings. The number of piperazine rings is 1. The van der Waals surface area contributed by atoms with E-state index < -0.39 is 21.7 Å². The summed E-state index contributed by atoms with van der Waals surface area (Å²) in [5, 5.41) is 0. The molecule has 2 aliphatic rings. The van der Waals surface area contributed by atoms with E-state index in [1.54, 1.807) is 30.3 Å². The summed E-state index contributed by atoms with van der Waals surface area (Å²) in [5.74, 6) is 0.0158. The van der Waals surface area contributed by atoms with Gasteiger partial charge in [-0.15, -0.1) is 0 Å². The zero-order valence-electron chi connectivity index (χ0n) is 17.3. The van der Waals surface area contributed by atoms with Crippen molar-refractivity contribution < 1.29 is 27.5 Å². The fourth-order valence-electron chi connectivity index (χ4n) is 3.75. The molecule has 10 heteroatoms. The lowest BCUT2D eigenvalue weighted by Gasteiger charge is -2.35. The highest BCUT2D eigenvalue weighted by Gasteiger charge is 2.38. The van der Waals surface area contributed by atoms with Crippen molar-refractivity contribution in [1.29, 1.82) is 0 Å². The van der Waals surface area contributed by atoms with Gasteiger partial charge in [0.25, 0.3) is 5.78 Å². The Labute approximate surface area is 180 Å². The molecule has 9 nitrogen and oxygen atoms in total. The topological polar surface area (TPSA) is 96.5 Å². The molecule has 31 heavy (non-hydrogen) atoms. The average Bonchev–Trinajstić information content (AvgIpc) is 3.03. The maximum atomic E-state index is 12.9. The van der Waals surface area contributed by atoms with Crippen LogP contribution in [0.1, 0.15) is 10.4 Å². The van der Waals surface area contributed by atoms with Crippen molar-refractivity contribution in [3.05, 3.63) is 48.0 Å². The van der Waals surface area contributed by atoms with E-state index in [9.17, 15) is 18.0 Å². The Balaban J connectivity index is 1.44. The van der Waals surface area contributed by atoms with Crippen LogP contribution >= 0.6 is 0 Å². The number of Topliss-reactive ketones (excluding diaryl/α,β-unsaturated/α-hetero) is 1. The molecule has 4 rings (SSSR count). The normalized spacial score (nSPS) is 17.7. The number of carbonyl (C=O) groups excluding carboxylic acids is 2. The van der Waals surface area contributed by atoms with Gasteiger partial charge < -0.3 is 9.47 Å². The first-order chi connectivity index (χ1) is 14.8. The Morgan fingerprint density at radius 3 is 2.10 bits per heavy atom. The minimum absolute atomic E-state index is 0.209. The van der Waals surface area contributed by atoms with Crippen LogP contribution in [0.25, 0.3) is 0 Å². The predicted molar refractivity (Wildman–Crippen MR) is 113 cm³/mol. The molecule has 0 saturated carbocycles. The Morgan fingerprint density at radius 1 is 0.871 bits per heavy atom. The Kier molecular flexibility index (Phi) is 5.69. The van der Waals surface area contributed by atoms with E-state index in [2.05, 4.69) is 0 Å². The third-order valence-corrected chi connectivity index (χ3v) is 7.46. The van der Waals surface area contributed by atoms with Crippen LogP contribution in [0.15, 0.2) is 47.4 Å². The number of amides is 1. The first kappa shape index (κ1) is 21.3. The second-order valence-electron chi connectivity index (χ2n) is 7.28. The summed E-state index contributed by atoms with van der Waals surface area (Å²) >= 11 is 0. The van der Waals surface area contributed by atoms with Gasteiger partial charge in [-0.3, -0.25) is 19.4 Å². The van der Waals surface area contributed by atoms with Gasteiger partial charge >= 0.3 is 5.91 Å². The number of rotatable bonds is 6. The average molecular weight is 445 g/mol. The number of anilines is 1. The van der Waals surface area contributed by atoms with Crippen LogP contribution in [0, 0.1) is 0 Å². The number of nitrogens with zero attached hydrogens (tertiary/aromatic N) is 3. The summed E-state index contributed by atoms with van der Waals surface area (Å²) in [6, 6.07) is 11.2. The van der Waals surface area contributed by atoms with Gasteiger partial charge in [-0.1, -0.05) is 0 Å². The van der Waals surface area contributed by atoms with Crippen molar-refractivity contribution in [1.82, 2.24) is 9.21 Å². The molecule has 0 unspecified atom stereocenters. The maximum Gasteiger partial charge on any atom is 0.300 e. The van der Waals surface area contributed by atoms with Crippen LogP contribution in [0.4, 0.5) is 5.69 Å². The summed E-state index contributed by atoms with van der Waals surface area (Å²) in [6.07, 6.45) is 0. The largest absolute Gasteiger partial charge is 0.497 e. The van der Waals surface area contributed by atoms with Gasteiger partial charge in [-0.05, 0) is 36.4 Å². The summed E-state index contributed by atoms with van der Waals surface area (Å²) in [5.41, 5.74) is 0.870. The van der Waals surface area contributed by atoms with Crippen molar-refractivity contribution in [2.45, 2.75) is 4.90 Å². The molecule has 0 bridgehead atoms. The fourth-order valence-corrected chi connectivity index (χ4v) is 5.17. The quantitative estimate of drug-likeness (QED) is 0.617. The van der Waals surface area contributed by atoms with Gasteiger partial charge in [0.15, 0.2) is 0 Å². The lowest BCUT2D eigenvalue weighted by molar-refractivity contribution is -0.114. The SMILES string of the molecule is COc1ccc(S(=O)(=O)N2CCN(CN3C(=O)C(=O)c4ccc(OC)cc43)CC2)cc1. The van der Waals surface area contributed by atoms with Crippen LogP contribution in [0.2, 0.25) is 0 Å². The number of sulfonamides is 1. The molecule has 0 spiro atoms. The van der Waals surface area contributed by atoms with Gasteiger partial charge in [0.2, 0.25) is 10.0 Å². The number of hydrogen-bond acceptors (Lipinski definition) is 7. The van der Waals surface area contributed by atoms with Crippen LogP contribution < -0.4 is 14.4 Å². The van der Waals surface area contributed by atoms with Crippen LogP contribution in [0.3, 0.4) is 0 Å². The predicted octanol–water partition coefficient (Wildman–Crippen LogP) is 1.20. The van der Waals surface area contributed by atoms with E-state index >= 15 is 0 Å². The minimum Gasteiger partial charge on any atom is -0.497 e. The molecule has 0 atom stereocenters. The van der Waals surface area contributed by atoms with E-state index in [4.69, 9.17) is 9.47 Å². The fraction of sp³-hybridized carbons (Fsp3) is 0.333. The monoisotopic (exact) mass is 445 g/mol. The number of methoxy groups -OCH3 is 2. The molecule has 0 aromatic heterocycles. The van der Waals surface area contributed by atoms with E-state index in [0.717, 1.165) is 0 Å². The second-order valence-corrected chi connectivity index (χ2v) is 9.22. The smallest absolute Gasteiger partial charge is 0.300 e. The van der Waals surface area contributed by atoms with Crippen molar-refractivity contribution in [3.63, 3.8) is 0 Å². The molecule has 2 heterocycles. The summed E-state index contributed by atoms with van der Waals surface area (Å²) in [7, 11) is -0.570. The first-order valence-corrected chi connectivity index (χ1v) is 11.2. The van der Waals surface area contributed by atoms with Gasteiger partial charge in [0.1, 0.15) is 11.5 Å². The molecule has 1 amide bonds. The molecule has 2 aromatic carbocycles. The van der Waals surface area contributed by atoms with Crippen molar-refractivity contribution in [2.75, 3.05) is 52.0 Å². The highest BCUT2D eigenvalue weighted by molar-refractivity contribution is 7.89. The van der Waals surface area contributed by atoms with E-state index in [1.807, 2.05) is 4.90 Å². The summed E-state index contributed by atoms with van der Waals surface area (Å²) in [6.45, 7) is 1.66. The zero-order valence-corrected chi connectivity index (χ0v) is 18.1. The van der Waals surface area contributed by atoms with Gasteiger partial charge in [-0.2, -0.15) is 4.31 Å². The lowest BCUT2D eigenvalue weighted by atomic mass is 10.1. The highest BCUT2D eigenvalue weighted by Crippen LogP contribution is 2.32. The Morgan fingerprint density at radius 2 is 1.48 bits per heavy atom. The number of carbonyl (C=O) groups is 2. The van der Waals surface area contributed by atoms with Crippen LogP contribution in [-0.4, -0.2) is 76.4 Å². The zero-order chi connectivity index (χ0) is 22.2. The minimum atomic E-state index is -3.61. The molecule has 0 N–H and O–H groups in total. The molecule has 0 aliphatic carbocycles. The standard InChI is InChI=1S/C21H23N3O6S/c1-29-15-3-6-17(7-4-15)31(27,28)23-11-9-22(10-12-23)14-24-19-13-16(30-2)5-8-18(19)20(25)21(24)26/h3-8,13H,9-12,14H2,1-2H3. The number of ketones is 1. The Hall–Kier alpha value is -2.95. The molecule has 164 valence electrons. The third kappa shape index (κ3) is 3.89.